The van der Waals surface area contributed by atoms with E-state index in [0.29, 0.717) is 17.2 Å². The monoisotopic (exact) mass is 299 g/mol. The van der Waals surface area contributed by atoms with E-state index >= 15 is 0 Å². The minimum absolute atomic E-state index is 0.0736. The molecule has 0 amide bonds. The van der Waals surface area contributed by atoms with E-state index in [1.807, 2.05) is 0 Å². The van der Waals surface area contributed by atoms with Crippen LogP contribution in [0.15, 0.2) is 28.8 Å². The van der Waals surface area contributed by atoms with E-state index in [1.165, 1.54) is 6.07 Å². The van der Waals surface area contributed by atoms with Crippen molar-refractivity contribution < 1.29 is 18.0 Å². The molecule has 3 rings (SSSR count). The smallest absolute Gasteiger partial charge is 0.387 e. The first-order valence-electron chi connectivity index (χ1n) is 6.29. The second-order valence-electron chi connectivity index (χ2n) is 4.66. The highest BCUT2D eigenvalue weighted by Gasteiger charge is 2.32. The van der Waals surface area contributed by atoms with Gasteiger partial charge in [-0.2, -0.15) is 8.78 Å². The van der Waals surface area contributed by atoms with E-state index in [2.05, 4.69) is 9.89 Å². The number of aromatic nitrogens is 1. The fourth-order valence-corrected chi connectivity index (χ4v) is 2.45. The second-order valence-corrected chi connectivity index (χ2v) is 4.92. The van der Waals surface area contributed by atoms with Gasteiger partial charge < -0.3 is 9.26 Å². The van der Waals surface area contributed by atoms with Crippen LogP contribution in [0.5, 0.6) is 5.75 Å². The molecule has 20 heavy (non-hydrogen) atoms. The van der Waals surface area contributed by atoms with Gasteiger partial charge in [0, 0.05) is 17.0 Å². The fraction of sp³-hybridized carbons (Fsp3) is 0.357. The van der Waals surface area contributed by atoms with Gasteiger partial charge in [0.15, 0.2) is 0 Å². The standard InChI is InChI=1S/C14H12ClF2NO2/c15-7-10-12(18-20-13(10)8-5-6-8)9-3-1-2-4-11(9)19-14(16)17/h1-4,8,14H,5-7H2. The van der Waals surface area contributed by atoms with Crippen LogP contribution >= 0.6 is 11.6 Å². The lowest BCUT2D eigenvalue weighted by molar-refractivity contribution is -0.0494. The maximum absolute atomic E-state index is 12.4. The first-order chi connectivity index (χ1) is 9.70. The van der Waals surface area contributed by atoms with Gasteiger partial charge in [-0.15, -0.1) is 11.6 Å². The van der Waals surface area contributed by atoms with Crippen LogP contribution in [-0.4, -0.2) is 11.8 Å². The van der Waals surface area contributed by atoms with Gasteiger partial charge in [-0.05, 0) is 25.0 Å². The molecule has 0 atom stereocenters. The van der Waals surface area contributed by atoms with Crippen LogP contribution in [0.25, 0.3) is 11.3 Å². The molecule has 0 aliphatic heterocycles. The summed E-state index contributed by atoms with van der Waals surface area (Å²) < 4.78 is 34.8. The minimum atomic E-state index is -2.88. The highest BCUT2D eigenvalue weighted by Crippen LogP contribution is 2.45. The molecule has 1 heterocycles. The van der Waals surface area contributed by atoms with Crippen molar-refractivity contribution in [3.05, 3.63) is 35.6 Å². The normalized spacial score (nSPS) is 14.8. The number of hydrogen-bond donors (Lipinski definition) is 0. The van der Waals surface area contributed by atoms with E-state index in [1.54, 1.807) is 18.2 Å². The summed E-state index contributed by atoms with van der Waals surface area (Å²) in [5.41, 5.74) is 1.72. The Balaban J connectivity index is 2.04. The first-order valence-corrected chi connectivity index (χ1v) is 6.82. The molecule has 106 valence electrons. The molecule has 0 saturated heterocycles. The van der Waals surface area contributed by atoms with Gasteiger partial charge in [0.25, 0.3) is 0 Å². The molecule has 1 aromatic carbocycles. The van der Waals surface area contributed by atoms with Gasteiger partial charge in [0.2, 0.25) is 0 Å². The molecule has 1 aromatic heterocycles. The Morgan fingerprint density at radius 2 is 2.10 bits per heavy atom. The zero-order valence-corrected chi connectivity index (χ0v) is 11.2. The third kappa shape index (κ3) is 2.50. The predicted molar refractivity (Wildman–Crippen MR) is 70.1 cm³/mol. The first kappa shape index (κ1) is 13.4. The van der Waals surface area contributed by atoms with Crippen molar-refractivity contribution in [3.63, 3.8) is 0 Å². The fourth-order valence-electron chi connectivity index (χ4n) is 2.19. The van der Waals surface area contributed by atoms with Crippen LogP contribution < -0.4 is 4.74 Å². The lowest BCUT2D eigenvalue weighted by Gasteiger charge is -2.09. The van der Waals surface area contributed by atoms with Crippen LogP contribution in [0, 0.1) is 0 Å². The molecule has 3 nitrogen and oxygen atoms in total. The quantitative estimate of drug-likeness (QED) is 0.759. The van der Waals surface area contributed by atoms with Crippen molar-refractivity contribution >= 4 is 11.6 Å². The van der Waals surface area contributed by atoms with Gasteiger partial charge in [-0.1, -0.05) is 17.3 Å². The molecular weight excluding hydrogens is 288 g/mol. The predicted octanol–water partition coefficient (Wildman–Crippen LogP) is 4.56. The third-order valence-electron chi connectivity index (χ3n) is 3.26. The number of rotatable bonds is 5. The van der Waals surface area contributed by atoms with E-state index in [9.17, 15) is 8.78 Å². The molecule has 0 unspecified atom stereocenters. The summed E-state index contributed by atoms with van der Waals surface area (Å²) >= 11 is 5.97. The van der Waals surface area contributed by atoms with E-state index in [4.69, 9.17) is 16.1 Å². The topological polar surface area (TPSA) is 35.3 Å². The summed E-state index contributed by atoms with van der Waals surface area (Å²) in [5, 5.41) is 4.00. The number of alkyl halides is 3. The van der Waals surface area contributed by atoms with Crippen molar-refractivity contribution in [1.29, 1.82) is 0 Å². The number of halogens is 3. The summed E-state index contributed by atoms with van der Waals surface area (Å²) in [4.78, 5) is 0. The molecule has 0 bridgehead atoms. The molecule has 1 aliphatic rings. The zero-order valence-electron chi connectivity index (χ0n) is 10.5. The Labute approximate surface area is 119 Å². The van der Waals surface area contributed by atoms with Gasteiger partial charge in [-0.25, -0.2) is 0 Å². The molecule has 0 spiro atoms. The number of hydrogen-bond acceptors (Lipinski definition) is 3. The largest absolute Gasteiger partial charge is 0.434 e. The summed E-state index contributed by atoms with van der Waals surface area (Å²) in [7, 11) is 0. The summed E-state index contributed by atoms with van der Waals surface area (Å²) in [6.45, 7) is -2.88. The second kappa shape index (κ2) is 5.40. The van der Waals surface area contributed by atoms with E-state index < -0.39 is 6.61 Å². The van der Waals surface area contributed by atoms with Gasteiger partial charge >= 0.3 is 6.61 Å². The van der Waals surface area contributed by atoms with Crippen LogP contribution in [0.4, 0.5) is 8.78 Å². The maximum atomic E-state index is 12.4. The Kier molecular flexibility index (Phi) is 3.61. The molecule has 6 heteroatoms. The van der Waals surface area contributed by atoms with Crippen molar-refractivity contribution in [2.75, 3.05) is 0 Å². The van der Waals surface area contributed by atoms with E-state index in [-0.39, 0.29) is 11.6 Å². The average Bonchev–Trinajstić information content (AvgIpc) is 3.18. The third-order valence-corrected chi connectivity index (χ3v) is 3.53. The van der Waals surface area contributed by atoms with Crippen LogP contribution in [0.3, 0.4) is 0 Å². The van der Waals surface area contributed by atoms with Crippen molar-refractivity contribution in [2.45, 2.75) is 31.3 Å². The number of para-hydroxylation sites is 1. The Hall–Kier alpha value is -1.62. The van der Waals surface area contributed by atoms with Gasteiger partial charge in [0.1, 0.15) is 17.2 Å². The SMILES string of the molecule is FC(F)Oc1ccccc1-c1noc(C2CC2)c1CCl. The van der Waals surface area contributed by atoms with Crippen molar-refractivity contribution in [2.24, 2.45) is 0 Å². The number of nitrogens with zero attached hydrogens (tertiary/aromatic N) is 1. The molecule has 1 saturated carbocycles. The molecular formula is C14H12ClF2NO2. The molecule has 2 aromatic rings. The van der Waals surface area contributed by atoms with E-state index in [0.717, 1.165) is 24.2 Å². The molecule has 1 fully saturated rings. The summed E-state index contributed by atoms with van der Waals surface area (Å²) in [5.74, 6) is 1.42. The lowest BCUT2D eigenvalue weighted by Crippen LogP contribution is -2.03. The molecule has 0 N–H and O–H groups in total. The van der Waals surface area contributed by atoms with Crippen molar-refractivity contribution in [1.82, 2.24) is 5.16 Å². The highest BCUT2D eigenvalue weighted by molar-refractivity contribution is 6.17. The maximum Gasteiger partial charge on any atom is 0.387 e. The van der Waals surface area contributed by atoms with Gasteiger partial charge in [0.05, 0.1) is 5.88 Å². The van der Waals surface area contributed by atoms with Crippen LogP contribution in [-0.2, 0) is 5.88 Å². The zero-order chi connectivity index (χ0) is 14.1. The van der Waals surface area contributed by atoms with Gasteiger partial charge in [-0.3, -0.25) is 0 Å². The van der Waals surface area contributed by atoms with Crippen molar-refractivity contribution in [3.8, 4) is 17.0 Å². The number of ether oxygens (including phenoxy) is 1. The Bertz CT molecular complexity index is 611. The Morgan fingerprint density at radius 3 is 2.75 bits per heavy atom. The molecule has 1 aliphatic carbocycles. The van der Waals surface area contributed by atoms with Crippen LogP contribution in [0.1, 0.15) is 30.1 Å². The number of benzene rings is 1. The lowest BCUT2D eigenvalue weighted by atomic mass is 10.0. The summed E-state index contributed by atoms with van der Waals surface area (Å²) in [6, 6.07) is 6.51. The Morgan fingerprint density at radius 1 is 1.35 bits per heavy atom. The summed E-state index contributed by atoms with van der Waals surface area (Å²) in [6.07, 6.45) is 2.10. The van der Waals surface area contributed by atoms with Crippen LogP contribution in [0.2, 0.25) is 0 Å². The minimum Gasteiger partial charge on any atom is -0.434 e. The average molecular weight is 300 g/mol. The highest BCUT2D eigenvalue weighted by atomic mass is 35.5. The molecule has 0 radical (unpaired) electrons.